The Hall–Kier alpha value is -2.11. The maximum atomic E-state index is 13.1. The molecular weight excluding hydrogens is 330 g/mol. The Morgan fingerprint density at radius 2 is 2.12 bits per heavy atom. The molecule has 4 rings (SSSR count). The molecule has 0 saturated carbocycles. The van der Waals surface area contributed by atoms with Gasteiger partial charge in [0.25, 0.3) is 0 Å². The van der Waals surface area contributed by atoms with Crippen LogP contribution in [0.1, 0.15) is 6.42 Å². The number of hydrogen-bond acceptors (Lipinski definition) is 3. The summed E-state index contributed by atoms with van der Waals surface area (Å²) in [7, 11) is 0. The average molecular weight is 346 g/mol. The van der Waals surface area contributed by atoms with E-state index in [2.05, 4.69) is 6.58 Å². The van der Waals surface area contributed by atoms with Crippen molar-refractivity contribution in [3.05, 3.63) is 54.1 Å². The third kappa shape index (κ3) is 1.85. The molecule has 1 spiro atoms. The number of ether oxygens (including phenoxy) is 1. The van der Waals surface area contributed by atoms with E-state index in [9.17, 15) is 14.7 Å². The van der Waals surface area contributed by atoms with Gasteiger partial charge >= 0.3 is 5.97 Å². The first-order valence-electron chi connectivity index (χ1n) is 7.79. The molecule has 0 aromatic heterocycles. The highest BCUT2D eigenvalue weighted by Gasteiger charge is 2.71. The molecule has 3 unspecified atom stereocenters. The van der Waals surface area contributed by atoms with Crippen LogP contribution in [0.25, 0.3) is 0 Å². The lowest BCUT2D eigenvalue weighted by Gasteiger charge is -2.32. The minimum atomic E-state index is -1.00. The van der Waals surface area contributed by atoms with Crippen LogP contribution in [0.5, 0.6) is 0 Å². The van der Waals surface area contributed by atoms with Crippen molar-refractivity contribution in [2.75, 3.05) is 4.90 Å². The number of benzene rings is 1. The fourth-order valence-corrected chi connectivity index (χ4v) is 4.41. The van der Waals surface area contributed by atoms with E-state index in [-0.39, 0.29) is 11.9 Å². The summed E-state index contributed by atoms with van der Waals surface area (Å²) >= 11 is 5.94. The van der Waals surface area contributed by atoms with Gasteiger partial charge in [0, 0.05) is 10.7 Å². The Labute approximate surface area is 144 Å². The SMILES string of the molecule is C=CCC1N(c2ccc(Cl)cc2)C(=O)C2C(C(=O)O)[C@H]3C=C[C@]21O3. The summed E-state index contributed by atoms with van der Waals surface area (Å²) in [5.41, 5.74) is -0.219. The molecule has 3 heterocycles. The van der Waals surface area contributed by atoms with Gasteiger partial charge in [-0.05, 0) is 30.7 Å². The van der Waals surface area contributed by atoms with E-state index in [4.69, 9.17) is 16.3 Å². The lowest BCUT2D eigenvalue weighted by atomic mass is 9.74. The van der Waals surface area contributed by atoms with E-state index in [0.717, 1.165) is 0 Å². The Balaban J connectivity index is 1.83. The first-order valence-corrected chi connectivity index (χ1v) is 8.17. The molecule has 1 N–H and O–H groups in total. The molecule has 2 bridgehead atoms. The molecule has 0 radical (unpaired) electrons. The summed E-state index contributed by atoms with van der Waals surface area (Å²) < 4.78 is 6.04. The highest BCUT2D eigenvalue weighted by Crippen LogP contribution is 2.56. The molecule has 124 valence electrons. The number of fused-ring (bicyclic) bond motifs is 1. The maximum absolute atomic E-state index is 13.1. The van der Waals surface area contributed by atoms with Crippen LogP contribution in [0.4, 0.5) is 5.69 Å². The second kappa shape index (κ2) is 5.19. The van der Waals surface area contributed by atoms with Crippen LogP contribution in [-0.2, 0) is 14.3 Å². The van der Waals surface area contributed by atoms with E-state index in [0.29, 0.717) is 17.1 Å². The summed E-state index contributed by atoms with van der Waals surface area (Å²) in [4.78, 5) is 26.5. The molecule has 0 aliphatic carbocycles. The van der Waals surface area contributed by atoms with Crippen molar-refractivity contribution < 1.29 is 19.4 Å². The Morgan fingerprint density at radius 3 is 2.75 bits per heavy atom. The van der Waals surface area contributed by atoms with Crippen molar-refractivity contribution in [3.63, 3.8) is 0 Å². The molecule has 6 heteroatoms. The van der Waals surface area contributed by atoms with E-state index < -0.39 is 29.5 Å². The highest BCUT2D eigenvalue weighted by molar-refractivity contribution is 6.30. The molecule has 5 atom stereocenters. The molecule has 2 saturated heterocycles. The van der Waals surface area contributed by atoms with Crippen LogP contribution in [0.2, 0.25) is 5.02 Å². The van der Waals surface area contributed by atoms with Crippen LogP contribution < -0.4 is 4.90 Å². The Morgan fingerprint density at radius 1 is 1.42 bits per heavy atom. The Bertz CT molecular complexity index is 759. The van der Waals surface area contributed by atoms with Gasteiger partial charge in [0.15, 0.2) is 0 Å². The van der Waals surface area contributed by atoms with Crippen molar-refractivity contribution in [1.29, 1.82) is 0 Å². The summed E-state index contributed by atoms with van der Waals surface area (Å²) in [6.45, 7) is 3.78. The minimum absolute atomic E-state index is 0.219. The van der Waals surface area contributed by atoms with Gasteiger partial charge in [-0.15, -0.1) is 6.58 Å². The molecule has 3 aliphatic heterocycles. The summed E-state index contributed by atoms with van der Waals surface area (Å²) in [5.74, 6) is -2.79. The summed E-state index contributed by atoms with van der Waals surface area (Å²) in [5, 5.41) is 10.2. The van der Waals surface area contributed by atoms with Crippen molar-refractivity contribution in [3.8, 4) is 0 Å². The molecule has 1 amide bonds. The van der Waals surface area contributed by atoms with Crippen LogP contribution >= 0.6 is 11.6 Å². The minimum Gasteiger partial charge on any atom is -0.481 e. The van der Waals surface area contributed by atoms with Crippen LogP contribution in [0, 0.1) is 11.8 Å². The largest absolute Gasteiger partial charge is 0.481 e. The average Bonchev–Trinajstić information content (AvgIpc) is 3.18. The number of carboxylic acid groups (broad SMARTS) is 1. The molecule has 5 nitrogen and oxygen atoms in total. The van der Waals surface area contributed by atoms with Gasteiger partial charge in [0.05, 0.1) is 18.1 Å². The van der Waals surface area contributed by atoms with Gasteiger partial charge in [0.2, 0.25) is 5.91 Å². The molecule has 1 aromatic carbocycles. The predicted molar refractivity (Wildman–Crippen MR) is 88.9 cm³/mol. The Kier molecular flexibility index (Phi) is 3.34. The number of carbonyl (C=O) groups excluding carboxylic acids is 1. The molecule has 24 heavy (non-hydrogen) atoms. The van der Waals surface area contributed by atoms with E-state index >= 15 is 0 Å². The normalized spacial score (nSPS) is 36.2. The van der Waals surface area contributed by atoms with Crippen molar-refractivity contribution in [1.82, 2.24) is 0 Å². The van der Waals surface area contributed by atoms with Crippen LogP contribution in [-0.4, -0.2) is 34.7 Å². The number of carbonyl (C=O) groups is 2. The fourth-order valence-electron chi connectivity index (χ4n) is 4.29. The van der Waals surface area contributed by atoms with Crippen molar-refractivity contribution in [2.24, 2.45) is 11.8 Å². The van der Waals surface area contributed by atoms with Crippen molar-refractivity contribution in [2.45, 2.75) is 24.2 Å². The highest BCUT2D eigenvalue weighted by atomic mass is 35.5. The number of hydrogen-bond donors (Lipinski definition) is 1. The van der Waals surface area contributed by atoms with Crippen LogP contribution in [0.15, 0.2) is 49.1 Å². The second-order valence-electron chi connectivity index (χ2n) is 6.36. The monoisotopic (exact) mass is 345 g/mol. The van der Waals surface area contributed by atoms with Gasteiger partial charge in [-0.25, -0.2) is 0 Å². The van der Waals surface area contributed by atoms with Gasteiger partial charge < -0.3 is 14.7 Å². The summed E-state index contributed by atoms with van der Waals surface area (Å²) in [6.07, 6.45) is 5.33. The number of rotatable bonds is 4. The van der Waals surface area contributed by atoms with Gasteiger partial charge in [0.1, 0.15) is 11.5 Å². The van der Waals surface area contributed by atoms with Gasteiger partial charge in [-0.2, -0.15) is 0 Å². The number of carboxylic acids is 1. The lowest BCUT2D eigenvalue weighted by molar-refractivity contribution is -0.146. The van der Waals surface area contributed by atoms with E-state index in [1.54, 1.807) is 41.3 Å². The predicted octanol–water partition coefficient (Wildman–Crippen LogP) is 2.66. The van der Waals surface area contributed by atoms with Gasteiger partial charge in [-0.3, -0.25) is 9.59 Å². The lowest BCUT2D eigenvalue weighted by Crippen LogP contribution is -2.45. The van der Waals surface area contributed by atoms with E-state index in [1.165, 1.54) is 0 Å². The second-order valence-corrected chi connectivity index (χ2v) is 6.80. The zero-order valence-corrected chi connectivity index (χ0v) is 13.5. The number of aliphatic carboxylic acids is 1. The fraction of sp³-hybridized carbons (Fsp3) is 0.333. The number of amides is 1. The maximum Gasteiger partial charge on any atom is 0.310 e. The molecule has 1 aromatic rings. The van der Waals surface area contributed by atoms with Crippen molar-refractivity contribution >= 4 is 29.2 Å². The third-order valence-corrected chi connectivity index (χ3v) is 5.45. The first kappa shape index (κ1) is 15.4. The zero-order valence-electron chi connectivity index (χ0n) is 12.8. The zero-order chi connectivity index (χ0) is 17.1. The standard InChI is InChI=1S/C18H16ClNO4/c1-2-3-13-18-9-8-12(24-18)14(17(22)23)15(18)16(21)20(13)11-6-4-10(19)5-7-11/h2,4-9,12-15H,1,3H2,(H,22,23)/t12-,13?,14?,15?,18-/m1/s1. The first-order chi connectivity index (χ1) is 11.5. The summed E-state index contributed by atoms with van der Waals surface area (Å²) in [6, 6.07) is 6.63. The topological polar surface area (TPSA) is 66.8 Å². The van der Waals surface area contributed by atoms with Gasteiger partial charge in [-0.1, -0.05) is 29.8 Å². The molecule has 2 fully saturated rings. The molecular formula is C18H16ClNO4. The smallest absolute Gasteiger partial charge is 0.310 e. The number of nitrogens with zero attached hydrogens (tertiary/aromatic N) is 1. The van der Waals surface area contributed by atoms with Crippen LogP contribution in [0.3, 0.4) is 0 Å². The number of halogens is 1. The van der Waals surface area contributed by atoms with E-state index in [1.807, 2.05) is 6.08 Å². The third-order valence-electron chi connectivity index (χ3n) is 5.20. The molecule has 3 aliphatic rings. The quantitative estimate of drug-likeness (QED) is 0.852. The number of anilines is 1.